The summed E-state index contributed by atoms with van der Waals surface area (Å²) in [5, 5.41) is 3.71. The second kappa shape index (κ2) is 12.0. The van der Waals surface area contributed by atoms with Crippen LogP contribution in [0.5, 0.6) is 0 Å². The van der Waals surface area contributed by atoms with Gasteiger partial charge in [0, 0.05) is 76.8 Å². The number of hydrogen-bond donors (Lipinski definition) is 1. The molecule has 10 nitrogen and oxygen atoms in total. The molecule has 2 amide bonds. The van der Waals surface area contributed by atoms with Gasteiger partial charge in [-0.2, -0.15) is 13.2 Å². The Labute approximate surface area is 238 Å². The molecule has 1 aromatic heterocycles. The van der Waals surface area contributed by atoms with Gasteiger partial charge in [-0.15, -0.1) is 0 Å². The third kappa shape index (κ3) is 6.32. The zero-order valence-corrected chi connectivity index (χ0v) is 23.9. The van der Waals surface area contributed by atoms with Gasteiger partial charge in [0.1, 0.15) is 6.61 Å². The lowest BCUT2D eigenvalue weighted by Gasteiger charge is -2.37. The van der Waals surface area contributed by atoms with Crippen molar-refractivity contribution in [2.75, 3.05) is 67.2 Å². The SMILES string of the molecule is COC1COCCC1NC1CC2CN(C(=O)OCCN(C)C)CC2(C(=O)N2CCc3ncc(C(F)(F)F)cc3C2)C1. The number of amides is 2. The van der Waals surface area contributed by atoms with E-state index in [4.69, 9.17) is 14.2 Å². The fraction of sp³-hybridized carbons (Fsp3) is 0.750. The summed E-state index contributed by atoms with van der Waals surface area (Å²) < 4.78 is 56.8. The highest BCUT2D eigenvalue weighted by Gasteiger charge is 2.60. The summed E-state index contributed by atoms with van der Waals surface area (Å²) in [5.41, 5.74) is -0.658. The van der Waals surface area contributed by atoms with Crippen LogP contribution in [0.1, 0.15) is 36.1 Å². The molecule has 13 heteroatoms. The number of likely N-dealkylation sites (tertiary alicyclic amines) is 1. The average Bonchev–Trinajstić information content (AvgIpc) is 3.46. The summed E-state index contributed by atoms with van der Waals surface area (Å²) >= 11 is 0. The smallest absolute Gasteiger partial charge is 0.417 e. The topological polar surface area (TPSA) is 96.5 Å². The Kier molecular flexibility index (Phi) is 8.79. The summed E-state index contributed by atoms with van der Waals surface area (Å²) in [6, 6.07) is 1.23. The van der Waals surface area contributed by atoms with E-state index in [1.54, 1.807) is 16.9 Å². The van der Waals surface area contributed by atoms with Crippen LogP contribution in [0.4, 0.5) is 18.0 Å². The van der Waals surface area contributed by atoms with Crippen LogP contribution >= 0.6 is 0 Å². The number of halogens is 3. The Hall–Kier alpha value is -2.48. The van der Waals surface area contributed by atoms with E-state index in [2.05, 4.69) is 10.3 Å². The molecule has 0 spiro atoms. The lowest BCUT2D eigenvalue weighted by molar-refractivity contribution is -0.143. The van der Waals surface area contributed by atoms with Crippen molar-refractivity contribution in [1.82, 2.24) is 25.0 Å². The standard InChI is InChI=1S/C28H40F3N5O5/c1-34(2)7-9-41-26(38)36-15-20-11-21(33-23-5-8-40-16-24(23)39-3)12-27(20,17-36)25(37)35-6-4-22-18(14-35)10-19(13-32-22)28(29,30)31/h10,13,20-21,23-24,33H,4-9,11-12,14-17H2,1-3H3. The van der Waals surface area contributed by atoms with Gasteiger partial charge < -0.3 is 34.2 Å². The van der Waals surface area contributed by atoms with Crippen LogP contribution in [0.15, 0.2) is 12.3 Å². The van der Waals surface area contributed by atoms with E-state index in [9.17, 15) is 22.8 Å². The van der Waals surface area contributed by atoms with Gasteiger partial charge in [-0.05, 0) is 50.9 Å². The molecule has 0 aromatic carbocycles. The first-order chi connectivity index (χ1) is 19.5. The molecular formula is C28H40F3N5O5. The number of rotatable bonds is 7. The molecule has 5 atom stereocenters. The van der Waals surface area contributed by atoms with Crippen molar-refractivity contribution in [3.05, 3.63) is 29.1 Å². The molecule has 3 aliphatic heterocycles. The number of ether oxygens (including phenoxy) is 3. The summed E-state index contributed by atoms with van der Waals surface area (Å²) in [6.45, 7) is 3.03. The predicted molar refractivity (Wildman–Crippen MR) is 142 cm³/mol. The maximum Gasteiger partial charge on any atom is 0.417 e. The summed E-state index contributed by atoms with van der Waals surface area (Å²) in [7, 11) is 5.45. The van der Waals surface area contributed by atoms with Crippen molar-refractivity contribution in [2.45, 2.75) is 56.6 Å². The van der Waals surface area contributed by atoms with Gasteiger partial charge in [-0.3, -0.25) is 9.78 Å². The molecule has 4 aliphatic rings. The molecule has 0 bridgehead atoms. The van der Waals surface area contributed by atoms with Crippen molar-refractivity contribution >= 4 is 12.0 Å². The first kappa shape index (κ1) is 30.0. The zero-order chi connectivity index (χ0) is 29.4. The fourth-order valence-electron chi connectivity index (χ4n) is 6.88. The first-order valence-electron chi connectivity index (χ1n) is 14.3. The Bertz CT molecular complexity index is 1120. The number of fused-ring (bicyclic) bond motifs is 2. The molecule has 2 saturated heterocycles. The highest BCUT2D eigenvalue weighted by atomic mass is 19.4. The zero-order valence-electron chi connectivity index (χ0n) is 23.9. The van der Waals surface area contributed by atoms with Crippen molar-refractivity contribution in [1.29, 1.82) is 0 Å². The van der Waals surface area contributed by atoms with Gasteiger partial charge in [0.2, 0.25) is 5.91 Å². The molecule has 228 valence electrons. The lowest BCUT2D eigenvalue weighted by atomic mass is 9.78. The van der Waals surface area contributed by atoms with Gasteiger partial charge in [0.15, 0.2) is 0 Å². The predicted octanol–water partition coefficient (Wildman–Crippen LogP) is 2.16. The maximum atomic E-state index is 14.4. The number of pyridine rings is 1. The van der Waals surface area contributed by atoms with Crippen LogP contribution in [0.25, 0.3) is 0 Å². The Morgan fingerprint density at radius 3 is 2.83 bits per heavy atom. The molecule has 3 fully saturated rings. The molecule has 1 aliphatic carbocycles. The minimum absolute atomic E-state index is 0.0344. The number of carbonyl (C=O) groups excluding carboxylic acids is 2. The number of hydrogen-bond acceptors (Lipinski definition) is 8. The van der Waals surface area contributed by atoms with Crippen LogP contribution < -0.4 is 5.32 Å². The Morgan fingerprint density at radius 1 is 1.29 bits per heavy atom. The average molecular weight is 584 g/mol. The van der Waals surface area contributed by atoms with E-state index in [1.807, 2.05) is 19.0 Å². The highest BCUT2D eigenvalue weighted by molar-refractivity contribution is 5.86. The number of nitrogens with zero attached hydrogens (tertiary/aromatic N) is 4. The fourth-order valence-corrected chi connectivity index (χ4v) is 6.88. The summed E-state index contributed by atoms with van der Waals surface area (Å²) in [4.78, 5) is 36.6. The number of methoxy groups -OCH3 is 1. The minimum atomic E-state index is -4.51. The van der Waals surface area contributed by atoms with Crippen molar-refractivity contribution < 1.29 is 37.0 Å². The number of likely N-dealkylation sites (N-methyl/N-ethyl adjacent to an activating group) is 1. The van der Waals surface area contributed by atoms with Gasteiger partial charge >= 0.3 is 12.3 Å². The van der Waals surface area contributed by atoms with Gasteiger partial charge in [0.05, 0.1) is 23.7 Å². The van der Waals surface area contributed by atoms with Crippen molar-refractivity contribution in [3.63, 3.8) is 0 Å². The van der Waals surface area contributed by atoms with E-state index in [0.717, 1.165) is 18.7 Å². The highest BCUT2D eigenvalue weighted by Crippen LogP contribution is 2.51. The second-order valence-electron chi connectivity index (χ2n) is 12.0. The van der Waals surface area contributed by atoms with Crippen LogP contribution in [-0.2, 0) is 38.1 Å². The number of alkyl halides is 3. The molecule has 1 aromatic rings. The largest absolute Gasteiger partial charge is 0.448 e. The summed E-state index contributed by atoms with van der Waals surface area (Å²) in [5.74, 6) is -0.218. The molecule has 5 rings (SSSR count). The third-order valence-electron chi connectivity index (χ3n) is 9.03. The van der Waals surface area contributed by atoms with Crippen molar-refractivity contribution in [2.24, 2.45) is 11.3 Å². The van der Waals surface area contributed by atoms with Gasteiger partial charge in [-0.1, -0.05) is 0 Å². The number of nitrogens with one attached hydrogen (secondary N) is 1. The Morgan fingerprint density at radius 2 is 2.10 bits per heavy atom. The lowest BCUT2D eigenvalue weighted by Crippen LogP contribution is -2.52. The molecule has 4 heterocycles. The molecule has 5 unspecified atom stereocenters. The monoisotopic (exact) mass is 583 g/mol. The maximum absolute atomic E-state index is 14.4. The first-order valence-corrected chi connectivity index (χ1v) is 14.3. The van der Waals surface area contributed by atoms with E-state index < -0.39 is 23.2 Å². The van der Waals surface area contributed by atoms with E-state index in [1.165, 1.54) is 0 Å². The molecule has 41 heavy (non-hydrogen) atoms. The van der Waals surface area contributed by atoms with Crippen LogP contribution in [0, 0.1) is 11.3 Å². The van der Waals surface area contributed by atoms with E-state index >= 15 is 0 Å². The van der Waals surface area contributed by atoms with Crippen LogP contribution in [0.3, 0.4) is 0 Å². The molecule has 1 N–H and O–H groups in total. The molecular weight excluding hydrogens is 543 g/mol. The minimum Gasteiger partial charge on any atom is -0.448 e. The van der Waals surface area contributed by atoms with Crippen LogP contribution in [0.2, 0.25) is 0 Å². The Balaban J connectivity index is 1.35. The van der Waals surface area contributed by atoms with Gasteiger partial charge in [-0.25, -0.2) is 4.79 Å². The second-order valence-corrected chi connectivity index (χ2v) is 12.0. The quantitative estimate of drug-likeness (QED) is 0.522. The van der Waals surface area contributed by atoms with E-state index in [0.29, 0.717) is 63.4 Å². The molecule has 0 radical (unpaired) electrons. The number of aromatic nitrogens is 1. The third-order valence-corrected chi connectivity index (χ3v) is 9.03. The van der Waals surface area contributed by atoms with Crippen molar-refractivity contribution in [3.8, 4) is 0 Å². The van der Waals surface area contributed by atoms with Crippen LogP contribution in [-0.4, -0.2) is 117 Å². The van der Waals surface area contributed by atoms with E-state index in [-0.39, 0.29) is 49.7 Å². The van der Waals surface area contributed by atoms with Gasteiger partial charge in [0.25, 0.3) is 0 Å². The number of carbonyl (C=O) groups is 2. The molecule has 1 saturated carbocycles. The normalized spacial score (nSPS) is 29.9. The summed E-state index contributed by atoms with van der Waals surface area (Å²) in [6.07, 6.45) is -1.78.